The van der Waals surface area contributed by atoms with Crippen LogP contribution in [0.5, 0.6) is 0 Å². The summed E-state index contributed by atoms with van der Waals surface area (Å²) in [5.74, 6) is 0.234. The summed E-state index contributed by atoms with van der Waals surface area (Å²) in [6.45, 7) is 10.1. The molecular formula is C18H28ClN3O. The molecule has 1 aromatic rings. The fraction of sp³-hybridized carbons (Fsp3) is 0.611. The Morgan fingerprint density at radius 3 is 2.39 bits per heavy atom. The van der Waals surface area contributed by atoms with Gasteiger partial charge in [-0.05, 0) is 43.7 Å². The van der Waals surface area contributed by atoms with Crippen molar-refractivity contribution in [2.75, 3.05) is 44.2 Å². The molecule has 2 rings (SSSR count). The van der Waals surface area contributed by atoms with Crippen LogP contribution in [-0.4, -0.2) is 50.1 Å². The van der Waals surface area contributed by atoms with Crippen molar-refractivity contribution in [1.82, 2.24) is 10.2 Å². The van der Waals surface area contributed by atoms with Gasteiger partial charge in [-0.1, -0.05) is 25.4 Å². The molecule has 1 amide bonds. The molecule has 4 nitrogen and oxygen atoms in total. The molecule has 0 aromatic heterocycles. The van der Waals surface area contributed by atoms with Crippen LogP contribution >= 0.6 is 11.6 Å². The van der Waals surface area contributed by atoms with Crippen LogP contribution in [0.15, 0.2) is 24.3 Å². The predicted molar refractivity (Wildman–Crippen MR) is 97.2 cm³/mol. The zero-order chi connectivity index (χ0) is 16.7. The van der Waals surface area contributed by atoms with Gasteiger partial charge in [-0.2, -0.15) is 0 Å². The SMILES string of the molecule is CC(C)C(=O)NCCCCN1CCN(c2ccc(Cl)cc2)CC1. The summed E-state index contributed by atoms with van der Waals surface area (Å²) in [6, 6.07) is 8.09. The monoisotopic (exact) mass is 337 g/mol. The van der Waals surface area contributed by atoms with E-state index in [4.69, 9.17) is 11.6 Å². The molecule has 1 N–H and O–H groups in total. The molecule has 0 atom stereocenters. The van der Waals surface area contributed by atoms with Gasteiger partial charge in [0.15, 0.2) is 0 Å². The zero-order valence-electron chi connectivity index (χ0n) is 14.2. The number of piperazine rings is 1. The minimum absolute atomic E-state index is 0.0796. The molecule has 5 heteroatoms. The van der Waals surface area contributed by atoms with Crippen molar-refractivity contribution in [1.29, 1.82) is 0 Å². The Hall–Kier alpha value is -1.26. The smallest absolute Gasteiger partial charge is 0.222 e. The minimum Gasteiger partial charge on any atom is -0.369 e. The van der Waals surface area contributed by atoms with Crippen LogP contribution in [0.3, 0.4) is 0 Å². The Balaban J connectivity index is 1.60. The lowest BCUT2D eigenvalue weighted by atomic mass is 10.2. The predicted octanol–water partition coefficient (Wildman–Crippen LogP) is 3.01. The first-order chi connectivity index (χ1) is 11.1. The molecule has 1 aliphatic rings. The Bertz CT molecular complexity index is 482. The quantitative estimate of drug-likeness (QED) is 0.777. The number of amides is 1. The van der Waals surface area contributed by atoms with Gasteiger partial charge in [-0.25, -0.2) is 0 Å². The molecule has 1 saturated heterocycles. The van der Waals surface area contributed by atoms with Gasteiger partial charge in [0.2, 0.25) is 5.91 Å². The molecule has 0 bridgehead atoms. The van der Waals surface area contributed by atoms with Crippen molar-refractivity contribution in [3.05, 3.63) is 29.3 Å². The van der Waals surface area contributed by atoms with E-state index in [1.165, 1.54) is 5.69 Å². The van der Waals surface area contributed by atoms with E-state index in [-0.39, 0.29) is 11.8 Å². The average molecular weight is 338 g/mol. The molecule has 128 valence electrons. The van der Waals surface area contributed by atoms with E-state index in [1.807, 2.05) is 26.0 Å². The molecule has 1 heterocycles. The van der Waals surface area contributed by atoms with Crippen molar-refractivity contribution in [2.45, 2.75) is 26.7 Å². The van der Waals surface area contributed by atoms with Crippen molar-refractivity contribution in [3.63, 3.8) is 0 Å². The van der Waals surface area contributed by atoms with Gasteiger partial charge in [0, 0.05) is 49.4 Å². The molecule has 0 unspecified atom stereocenters. The number of anilines is 1. The third-order valence-electron chi connectivity index (χ3n) is 4.29. The first-order valence-electron chi connectivity index (χ1n) is 8.57. The van der Waals surface area contributed by atoms with Gasteiger partial charge in [0.25, 0.3) is 0 Å². The van der Waals surface area contributed by atoms with Gasteiger partial charge in [0.1, 0.15) is 0 Å². The largest absolute Gasteiger partial charge is 0.369 e. The molecule has 0 aliphatic carbocycles. The number of carbonyl (C=O) groups excluding carboxylic acids is 1. The van der Waals surface area contributed by atoms with Gasteiger partial charge < -0.3 is 10.2 Å². The molecule has 1 aliphatic heterocycles. The second-order valence-electron chi connectivity index (χ2n) is 6.46. The van der Waals surface area contributed by atoms with Crippen LogP contribution < -0.4 is 10.2 Å². The van der Waals surface area contributed by atoms with Crippen LogP contribution in [0.2, 0.25) is 5.02 Å². The normalized spacial score (nSPS) is 15.9. The van der Waals surface area contributed by atoms with E-state index in [2.05, 4.69) is 27.2 Å². The lowest BCUT2D eigenvalue weighted by molar-refractivity contribution is -0.123. The molecule has 1 fully saturated rings. The summed E-state index contributed by atoms with van der Waals surface area (Å²) >= 11 is 5.94. The molecule has 1 aromatic carbocycles. The summed E-state index contributed by atoms with van der Waals surface area (Å²) in [5.41, 5.74) is 1.26. The molecule has 23 heavy (non-hydrogen) atoms. The van der Waals surface area contributed by atoms with Crippen molar-refractivity contribution in [2.24, 2.45) is 5.92 Å². The maximum absolute atomic E-state index is 11.5. The van der Waals surface area contributed by atoms with Gasteiger partial charge in [0.05, 0.1) is 0 Å². The van der Waals surface area contributed by atoms with Crippen LogP contribution in [-0.2, 0) is 4.79 Å². The summed E-state index contributed by atoms with van der Waals surface area (Å²) in [5, 5.41) is 3.77. The first kappa shape index (κ1) is 18.1. The highest BCUT2D eigenvalue weighted by atomic mass is 35.5. The Morgan fingerprint density at radius 1 is 1.13 bits per heavy atom. The molecule has 0 saturated carbocycles. The highest BCUT2D eigenvalue weighted by molar-refractivity contribution is 6.30. The zero-order valence-corrected chi connectivity index (χ0v) is 15.0. The van der Waals surface area contributed by atoms with Crippen LogP contribution in [0.4, 0.5) is 5.69 Å². The standard InChI is InChI=1S/C18H28ClN3O/c1-15(2)18(23)20-9-3-4-10-21-11-13-22(14-12-21)17-7-5-16(19)6-8-17/h5-8,15H,3-4,9-14H2,1-2H3,(H,20,23). The summed E-state index contributed by atoms with van der Waals surface area (Å²) < 4.78 is 0. The Kier molecular flexibility index (Phi) is 7.18. The first-order valence-corrected chi connectivity index (χ1v) is 8.94. The number of nitrogens with one attached hydrogen (secondary N) is 1. The maximum atomic E-state index is 11.5. The average Bonchev–Trinajstić information content (AvgIpc) is 2.55. The van der Waals surface area contributed by atoms with Gasteiger partial charge >= 0.3 is 0 Å². The fourth-order valence-corrected chi connectivity index (χ4v) is 2.88. The second-order valence-corrected chi connectivity index (χ2v) is 6.89. The van der Waals surface area contributed by atoms with Crippen molar-refractivity contribution >= 4 is 23.2 Å². The number of rotatable bonds is 7. The third kappa shape index (κ3) is 6.04. The van der Waals surface area contributed by atoms with Crippen molar-refractivity contribution in [3.8, 4) is 0 Å². The van der Waals surface area contributed by atoms with E-state index in [9.17, 15) is 4.79 Å². The Morgan fingerprint density at radius 2 is 1.78 bits per heavy atom. The van der Waals surface area contributed by atoms with Crippen LogP contribution in [0, 0.1) is 5.92 Å². The van der Waals surface area contributed by atoms with Crippen LogP contribution in [0.25, 0.3) is 0 Å². The lowest BCUT2D eigenvalue weighted by Gasteiger charge is -2.36. The van der Waals surface area contributed by atoms with E-state index in [0.717, 1.165) is 57.1 Å². The Labute approximate surface area is 144 Å². The number of hydrogen-bond acceptors (Lipinski definition) is 3. The minimum atomic E-state index is 0.0796. The third-order valence-corrected chi connectivity index (χ3v) is 4.54. The van der Waals surface area contributed by atoms with E-state index in [0.29, 0.717) is 0 Å². The van der Waals surface area contributed by atoms with Crippen LogP contribution in [0.1, 0.15) is 26.7 Å². The number of hydrogen-bond donors (Lipinski definition) is 1. The van der Waals surface area contributed by atoms with E-state index in [1.54, 1.807) is 0 Å². The number of unbranched alkanes of at least 4 members (excludes halogenated alkanes) is 1. The number of carbonyl (C=O) groups is 1. The number of benzene rings is 1. The number of nitrogens with zero attached hydrogens (tertiary/aromatic N) is 2. The topological polar surface area (TPSA) is 35.6 Å². The van der Waals surface area contributed by atoms with Gasteiger partial charge in [-0.15, -0.1) is 0 Å². The highest BCUT2D eigenvalue weighted by Gasteiger charge is 2.16. The van der Waals surface area contributed by atoms with E-state index >= 15 is 0 Å². The molecular weight excluding hydrogens is 310 g/mol. The summed E-state index contributed by atoms with van der Waals surface area (Å²) in [4.78, 5) is 16.4. The highest BCUT2D eigenvalue weighted by Crippen LogP contribution is 2.19. The summed E-state index contributed by atoms with van der Waals surface area (Å²) in [6.07, 6.45) is 2.19. The summed E-state index contributed by atoms with van der Waals surface area (Å²) in [7, 11) is 0. The lowest BCUT2D eigenvalue weighted by Crippen LogP contribution is -2.46. The fourth-order valence-electron chi connectivity index (χ4n) is 2.76. The maximum Gasteiger partial charge on any atom is 0.222 e. The van der Waals surface area contributed by atoms with Crippen molar-refractivity contribution < 1.29 is 4.79 Å². The van der Waals surface area contributed by atoms with Gasteiger partial charge in [-0.3, -0.25) is 9.69 Å². The van der Waals surface area contributed by atoms with E-state index < -0.39 is 0 Å². The molecule has 0 spiro atoms. The number of halogens is 1. The second kappa shape index (κ2) is 9.14. The molecule has 0 radical (unpaired) electrons.